The van der Waals surface area contributed by atoms with Gasteiger partial charge in [-0.1, -0.05) is 25.1 Å². The van der Waals surface area contributed by atoms with Gasteiger partial charge in [0.25, 0.3) is 17.4 Å². The molecular weight excluding hydrogens is 851 g/mol. The third kappa shape index (κ3) is 7.52. The van der Waals surface area contributed by atoms with E-state index in [9.17, 15) is 29.1 Å². The third-order valence-electron chi connectivity index (χ3n) is 15.3. The quantitative estimate of drug-likeness (QED) is 0.125. The SMILES string of the molecule is C=CCn1c(=O)c2cnc(Nc3ccc(N4CCC(N5CCC(N6CC(c7ccc8c(c7)C(=O)N(C7CCC(=O)NC7=O)C8=O)C6)CC5)CC4)cc3)nc2n1-c1ccc2c(n1)[C@@](O)(CC)CC2. The van der Waals surface area contributed by atoms with Crippen molar-refractivity contribution in [3.8, 4) is 5.82 Å². The van der Waals surface area contributed by atoms with E-state index in [1.807, 2.05) is 43.3 Å². The molecule has 0 spiro atoms. The number of piperidine rings is 3. The summed E-state index contributed by atoms with van der Waals surface area (Å²) in [7, 11) is 0. The number of rotatable bonds is 11. The highest BCUT2D eigenvalue weighted by atomic mass is 16.3. The molecule has 346 valence electrons. The zero-order valence-electron chi connectivity index (χ0n) is 37.7. The van der Waals surface area contributed by atoms with Crippen molar-refractivity contribution >= 4 is 52.0 Å². The Labute approximate surface area is 387 Å². The fraction of sp³-hybridized carbons (Fsp3) is 0.440. The number of imide groups is 2. The lowest BCUT2D eigenvalue weighted by Crippen LogP contribution is -2.56. The van der Waals surface area contributed by atoms with Crippen LogP contribution in [0.2, 0.25) is 0 Å². The maximum Gasteiger partial charge on any atom is 0.278 e. The summed E-state index contributed by atoms with van der Waals surface area (Å²) in [4.78, 5) is 87.2. The Morgan fingerprint density at radius 2 is 1.58 bits per heavy atom. The number of carbonyl (C=O) groups is 4. The number of nitrogens with one attached hydrogen (secondary N) is 2. The molecule has 17 nitrogen and oxygen atoms in total. The van der Waals surface area contributed by atoms with Crippen LogP contribution in [-0.4, -0.2) is 125 Å². The van der Waals surface area contributed by atoms with Crippen molar-refractivity contribution in [3.05, 3.63) is 112 Å². The lowest BCUT2D eigenvalue weighted by molar-refractivity contribution is -0.136. The molecule has 5 aliphatic heterocycles. The van der Waals surface area contributed by atoms with Gasteiger partial charge in [-0.3, -0.25) is 39.1 Å². The lowest BCUT2D eigenvalue weighted by atomic mass is 9.86. The average Bonchev–Trinajstić information content (AvgIpc) is 3.90. The van der Waals surface area contributed by atoms with E-state index in [0.29, 0.717) is 64.5 Å². The van der Waals surface area contributed by atoms with Gasteiger partial charge in [0.05, 0.1) is 23.4 Å². The minimum atomic E-state index is -0.999. The first-order valence-electron chi connectivity index (χ1n) is 23.8. The van der Waals surface area contributed by atoms with Gasteiger partial charge in [-0.25, -0.2) is 19.3 Å². The van der Waals surface area contributed by atoms with Gasteiger partial charge in [0.15, 0.2) is 11.5 Å². The van der Waals surface area contributed by atoms with Crippen LogP contribution in [0, 0.1) is 0 Å². The van der Waals surface area contributed by atoms with Gasteiger partial charge in [-0.15, -0.1) is 6.58 Å². The van der Waals surface area contributed by atoms with Crippen molar-refractivity contribution < 1.29 is 24.3 Å². The van der Waals surface area contributed by atoms with Gasteiger partial charge >= 0.3 is 0 Å². The smallest absolute Gasteiger partial charge is 0.278 e. The van der Waals surface area contributed by atoms with Crippen LogP contribution in [0.5, 0.6) is 0 Å². The second kappa shape index (κ2) is 16.9. The Morgan fingerprint density at radius 3 is 2.31 bits per heavy atom. The molecule has 2 atom stereocenters. The molecule has 0 bridgehead atoms. The van der Waals surface area contributed by atoms with Crippen LogP contribution in [0.15, 0.2) is 78.2 Å². The number of amides is 4. The molecule has 0 radical (unpaired) electrons. The van der Waals surface area contributed by atoms with Crippen LogP contribution in [0.4, 0.5) is 17.3 Å². The van der Waals surface area contributed by atoms with Gasteiger partial charge in [-0.2, -0.15) is 4.98 Å². The molecule has 1 unspecified atom stereocenters. The molecule has 3 N–H and O–H groups in total. The normalized spacial score (nSPS) is 23.2. The highest BCUT2D eigenvalue weighted by Crippen LogP contribution is 2.39. The van der Waals surface area contributed by atoms with E-state index in [4.69, 9.17) is 9.97 Å². The number of hydrogen-bond donors (Lipinski definition) is 3. The molecular formula is C50H55N11O6. The number of benzene rings is 2. The second-order valence-electron chi connectivity index (χ2n) is 19.0. The molecule has 5 aromatic rings. The number of hydrogen-bond acceptors (Lipinski definition) is 13. The monoisotopic (exact) mass is 905 g/mol. The van der Waals surface area contributed by atoms with Crippen LogP contribution >= 0.6 is 0 Å². The molecule has 11 rings (SSSR count). The molecule has 6 aliphatic rings. The van der Waals surface area contributed by atoms with E-state index < -0.39 is 29.4 Å². The van der Waals surface area contributed by atoms with Crippen LogP contribution < -0.4 is 21.1 Å². The Bertz CT molecular complexity index is 2890. The van der Waals surface area contributed by atoms with E-state index in [0.717, 1.165) is 93.1 Å². The summed E-state index contributed by atoms with van der Waals surface area (Å²) < 4.78 is 3.25. The number of carbonyl (C=O) groups excluding carboxylic acids is 4. The van der Waals surface area contributed by atoms with Crippen molar-refractivity contribution in [2.75, 3.05) is 49.5 Å². The number of aliphatic hydroxyl groups is 1. The number of aryl methyl sites for hydroxylation is 1. The minimum absolute atomic E-state index is 0.100. The molecule has 4 fully saturated rings. The Morgan fingerprint density at radius 1 is 0.851 bits per heavy atom. The van der Waals surface area contributed by atoms with Crippen LogP contribution in [-0.2, 0) is 28.2 Å². The van der Waals surface area contributed by atoms with Crippen molar-refractivity contribution in [1.29, 1.82) is 0 Å². The van der Waals surface area contributed by atoms with Gasteiger partial charge in [-0.05, 0) is 118 Å². The summed E-state index contributed by atoms with van der Waals surface area (Å²) in [5.74, 6) is -0.762. The maximum atomic E-state index is 13.6. The second-order valence-corrected chi connectivity index (χ2v) is 19.0. The number of anilines is 3. The summed E-state index contributed by atoms with van der Waals surface area (Å²) in [6.45, 7) is 12.0. The molecule has 4 saturated heterocycles. The number of likely N-dealkylation sites (tertiary alicyclic amines) is 2. The molecule has 0 saturated carbocycles. The highest BCUT2D eigenvalue weighted by Gasteiger charge is 2.46. The molecule has 8 heterocycles. The molecule has 67 heavy (non-hydrogen) atoms. The average molecular weight is 906 g/mol. The van der Waals surface area contributed by atoms with Crippen molar-refractivity contribution in [3.63, 3.8) is 0 Å². The van der Waals surface area contributed by atoms with E-state index in [1.165, 1.54) is 5.69 Å². The summed E-state index contributed by atoms with van der Waals surface area (Å²) in [5, 5.41) is 17.3. The summed E-state index contributed by atoms with van der Waals surface area (Å²) in [6.07, 6.45) is 9.86. The number of aromatic nitrogens is 5. The number of pyridine rings is 1. The number of nitrogens with zero attached hydrogens (tertiary/aromatic N) is 9. The van der Waals surface area contributed by atoms with E-state index >= 15 is 0 Å². The van der Waals surface area contributed by atoms with E-state index in [2.05, 4.69) is 49.0 Å². The van der Waals surface area contributed by atoms with Crippen LogP contribution in [0.25, 0.3) is 16.9 Å². The summed E-state index contributed by atoms with van der Waals surface area (Å²) in [6, 6.07) is 17.8. The van der Waals surface area contributed by atoms with Crippen LogP contribution in [0.1, 0.15) is 102 Å². The largest absolute Gasteiger partial charge is 0.384 e. The summed E-state index contributed by atoms with van der Waals surface area (Å²) >= 11 is 0. The standard InChI is InChI=1S/C50H55N11O6/c1-3-21-59-46(64)39-27-51-49(55-44(39)61(59)41-13-6-30-15-20-50(67,4-2)43(30)53-41)52-33-7-9-34(10-8-33)56-22-16-35(17-23-56)57-24-18-36(19-25-57)58-28-32(29-58)31-5-11-37-38(26-31)48(66)60(47(37)65)40-12-14-42(62)54-45(40)63/h3,5-11,13,26-27,32,35-36,40,67H,1,4,12,14-25,28-29H2,2H3,(H,51,52,55)(H,54,62,63)/t40?,50-/m1/s1. The Hall–Kier alpha value is -6.56. The molecule has 3 aromatic heterocycles. The fourth-order valence-electron chi connectivity index (χ4n) is 11.4. The number of fused-ring (bicyclic) bond motifs is 3. The molecule has 4 amide bonds. The van der Waals surface area contributed by atoms with Gasteiger partial charge in [0.1, 0.15) is 17.0 Å². The first-order valence-corrected chi connectivity index (χ1v) is 23.8. The van der Waals surface area contributed by atoms with E-state index in [-0.39, 0.29) is 36.8 Å². The van der Waals surface area contributed by atoms with Gasteiger partial charge in [0.2, 0.25) is 17.8 Å². The van der Waals surface area contributed by atoms with Gasteiger partial charge in [0, 0.05) is 68.2 Å². The first-order chi connectivity index (χ1) is 32.5. The lowest BCUT2D eigenvalue weighted by Gasteiger charge is -2.49. The molecule has 17 heteroatoms. The van der Waals surface area contributed by atoms with Gasteiger partial charge < -0.3 is 20.2 Å². The van der Waals surface area contributed by atoms with Crippen LogP contribution in [0.3, 0.4) is 0 Å². The maximum absolute atomic E-state index is 13.6. The highest BCUT2D eigenvalue weighted by molar-refractivity contribution is 6.23. The topological polar surface area (TPSA) is 191 Å². The predicted octanol–water partition coefficient (Wildman–Crippen LogP) is 4.38. The zero-order valence-corrected chi connectivity index (χ0v) is 37.7. The first kappa shape index (κ1) is 43.0. The molecule has 2 aromatic carbocycles. The van der Waals surface area contributed by atoms with Crippen molar-refractivity contribution in [1.82, 2.24) is 44.3 Å². The predicted molar refractivity (Wildman–Crippen MR) is 251 cm³/mol. The van der Waals surface area contributed by atoms with Crippen molar-refractivity contribution in [2.24, 2.45) is 0 Å². The minimum Gasteiger partial charge on any atom is -0.384 e. The third-order valence-corrected chi connectivity index (χ3v) is 15.3. The molecule has 1 aliphatic carbocycles. The Kier molecular flexibility index (Phi) is 10.9. The zero-order chi connectivity index (χ0) is 46.1. The Balaban J connectivity index is 0.671. The fourth-order valence-corrected chi connectivity index (χ4v) is 11.4. The summed E-state index contributed by atoms with van der Waals surface area (Å²) in [5.41, 5.74) is 4.57. The van der Waals surface area contributed by atoms with E-state index in [1.54, 1.807) is 27.7 Å². The van der Waals surface area contributed by atoms with Crippen molar-refractivity contribution in [2.45, 2.75) is 101 Å². The number of allylic oxidation sites excluding steroid dienone is 1.